The minimum Gasteiger partial charge on any atom is -0.457 e. The number of nitrogens with one attached hydrogen (secondary N) is 2. The second kappa shape index (κ2) is 10.7. The fraction of sp³-hybridized carbons (Fsp3) is 0. The fourth-order valence-corrected chi connectivity index (χ4v) is 6.46. The monoisotopic (exact) mass is 601 g/mol. The average molecular weight is 602 g/mol. The standard InChI is InChI=1S/C31H19N7O3S2/c1-2-4-25(43-31-19(8-13-39-31)18-5-9-32-10-6-18)20(3-1)21-7-11-33-26(21)24-17-40-29(38-24)23-16-35-28(37-23)27-22(15-36-41-27)30-34-12-14-42-30/h1-17,33H,(H,35,37). The average Bonchev–Trinajstić information content (AvgIpc) is 3.89. The van der Waals surface area contributed by atoms with Crippen molar-refractivity contribution >= 4 is 23.1 Å². The van der Waals surface area contributed by atoms with E-state index < -0.39 is 0 Å². The van der Waals surface area contributed by atoms with Gasteiger partial charge in [0.15, 0.2) is 10.9 Å². The Bertz CT molecular complexity index is 2140. The van der Waals surface area contributed by atoms with Crippen molar-refractivity contribution in [3.05, 3.63) is 104 Å². The highest BCUT2D eigenvalue weighted by atomic mass is 32.2. The summed E-state index contributed by atoms with van der Waals surface area (Å²) in [5.74, 6) is 1.40. The van der Waals surface area contributed by atoms with Gasteiger partial charge in [-0.25, -0.2) is 15.0 Å². The summed E-state index contributed by atoms with van der Waals surface area (Å²) in [4.78, 5) is 25.4. The van der Waals surface area contributed by atoms with E-state index in [9.17, 15) is 0 Å². The lowest BCUT2D eigenvalue weighted by molar-refractivity contribution is 0.430. The first-order chi connectivity index (χ1) is 21.3. The van der Waals surface area contributed by atoms with E-state index in [0.29, 0.717) is 28.9 Å². The third kappa shape index (κ3) is 4.68. The molecule has 8 aromatic rings. The zero-order valence-electron chi connectivity index (χ0n) is 22.1. The molecular formula is C31H19N7O3S2. The number of hydrogen-bond acceptors (Lipinski definition) is 10. The Labute approximate surface area is 251 Å². The largest absolute Gasteiger partial charge is 0.457 e. The minimum atomic E-state index is 0.393. The van der Waals surface area contributed by atoms with Crippen LogP contribution in [0.15, 0.2) is 127 Å². The zero-order chi connectivity index (χ0) is 28.6. The predicted molar refractivity (Wildman–Crippen MR) is 162 cm³/mol. The number of imidazole rings is 1. The third-order valence-electron chi connectivity index (χ3n) is 6.76. The number of rotatable bonds is 8. The summed E-state index contributed by atoms with van der Waals surface area (Å²) >= 11 is 3.07. The Morgan fingerprint density at radius 2 is 1.77 bits per heavy atom. The molecule has 0 saturated heterocycles. The van der Waals surface area contributed by atoms with Gasteiger partial charge in [-0.15, -0.1) is 11.3 Å². The van der Waals surface area contributed by atoms with E-state index in [1.165, 1.54) is 11.3 Å². The Kier molecular flexibility index (Phi) is 6.31. The number of benzene rings is 1. The van der Waals surface area contributed by atoms with Crippen molar-refractivity contribution in [2.24, 2.45) is 0 Å². The molecule has 0 bridgehead atoms. The molecule has 0 aliphatic carbocycles. The van der Waals surface area contributed by atoms with Gasteiger partial charge in [-0.2, -0.15) is 0 Å². The summed E-state index contributed by atoms with van der Waals surface area (Å²) < 4.78 is 17.3. The quantitative estimate of drug-likeness (QED) is 0.176. The molecule has 0 amide bonds. The first-order valence-electron chi connectivity index (χ1n) is 13.1. The van der Waals surface area contributed by atoms with Crippen molar-refractivity contribution in [1.29, 1.82) is 0 Å². The predicted octanol–water partition coefficient (Wildman–Crippen LogP) is 8.31. The number of hydrogen-bond donors (Lipinski definition) is 2. The first-order valence-corrected chi connectivity index (χ1v) is 14.8. The van der Waals surface area contributed by atoms with Gasteiger partial charge in [-0.3, -0.25) is 4.98 Å². The Balaban J connectivity index is 1.09. The van der Waals surface area contributed by atoms with Crippen LogP contribution >= 0.6 is 23.1 Å². The van der Waals surface area contributed by atoms with E-state index in [4.69, 9.17) is 18.3 Å². The fourth-order valence-electron chi connectivity index (χ4n) is 4.78. The number of pyridine rings is 1. The number of thiazole rings is 1. The summed E-state index contributed by atoms with van der Waals surface area (Å²) in [5, 5.41) is 7.44. The zero-order valence-corrected chi connectivity index (χ0v) is 23.7. The van der Waals surface area contributed by atoms with Gasteiger partial charge in [0.05, 0.1) is 29.9 Å². The number of furan rings is 1. The van der Waals surface area contributed by atoms with E-state index in [1.54, 1.807) is 55.3 Å². The second-order valence-corrected chi connectivity index (χ2v) is 11.2. The normalized spacial score (nSPS) is 11.3. The van der Waals surface area contributed by atoms with Crippen molar-refractivity contribution in [2.75, 3.05) is 0 Å². The van der Waals surface area contributed by atoms with Gasteiger partial charge in [0.1, 0.15) is 22.7 Å². The number of aromatic nitrogens is 7. The molecule has 0 spiro atoms. The lowest BCUT2D eigenvalue weighted by Gasteiger charge is -2.09. The highest BCUT2D eigenvalue weighted by Crippen LogP contribution is 2.43. The maximum Gasteiger partial charge on any atom is 0.245 e. The van der Waals surface area contributed by atoms with Crippen LogP contribution < -0.4 is 0 Å². The van der Waals surface area contributed by atoms with Crippen molar-refractivity contribution in [3.63, 3.8) is 0 Å². The second-order valence-electron chi connectivity index (χ2n) is 9.31. The van der Waals surface area contributed by atoms with Gasteiger partial charge in [0.2, 0.25) is 11.7 Å². The van der Waals surface area contributed by atoms with Gasteiger partial charge in [0.25, 0.3) is 0 Å². The number of oxazole rings is 1. The van der Waals surface area contributed by atoms with Gasteiger partial charge in [-0.1, -0.05) is 35.1 Å². The van der Waals surface area contributed by atoms with Crippen LogP contribution in [-0.2, 0) is 0 Å². The van der Waals surface area contributed by atoms with Crippen LogP contribution in [0.5, 0.6) is 0 Å². The number of nitrogens with zero attached hydrogens (tertiary/aromatic N) is 5. The van der Waals surface area contributed by atoms with Crippen LogP contribution in [0.4, 0.5) is 0 Å². The summed E-state index contributed by atoms with van der Waals surface area (Å²) in [6, 6.07) is 16.2. The molecule has 208 valence electrons. The Morgan fingerprint density at radius 3 is 2.67 bits per heavy atom. The highest BCUT2D eigenvalue weighted by Gasteiger charge is 2.21. The van der Waals surface area contributed by atoms with Gasteiger partial charge >= 0.3 is 0 Å². The molecule has 0 aliphatic heterocycles. The SMILES string of the molecule is c1ccc(-c2cc[nH]c2-c2coc(-c3cnc(-c4oncc4-c4nccs4)[nH]3)n2)c(Sc2occc2-c2ccncc2)c1. The Morgan fingerprint density at radius 1 is 0.837 bits per heavy atom. The van der Waals surface area contributed by atoms with Crippen molar-refractivity contribution in [1.82, 2.24) is 35.1 Å². The molecule has 0 atom stereocenters. The van der Waals surface area contributed by atoms with Crippen LogP contribution in [0.1, 0.15) is 0 Å². The van der Waals surface area contributed by atoms with Crippen molar-refractivity contribution in [3.8, 4) is 67.4 Å². The molecule has 0 saturated carbocycles. The molecule has 43 heavy (non-hydrogen) atoms. The minimum absolute atomic E-state index is 0.393. The van der Waals surface area contributed by atoms with Crippen LogP contribution in [0.25, 0.3) is 67.4 Å². The lowest BCUT2D eigenvalue weighted by atomic mass is 10.1. The van der Waals surface area contributed by atoms with E-state index >= 15 is 0 Å². The number of aromatic amines is 2. The lowest BCUT2D eigenvalue weighted by Crippen LogP contribution is -1.87. The molecule has 7 aromatic heterocycles. The molecule has 10 nitrogen and oxygen atoms in total. The smallest absolute Gasteiger partial charge is 0.245 e. The highest BCUT2D eigenvalue weighted by molar-refractivity contribution is 7.99. The van der Waals surface area contributed by atoms with Gasteiger partial charge in [0, 0.05) is 46.2 Å². The molecule has 0 unspecified atom stereocenters. The van der Waals surface area contributed by atoms with E-state index in [2.05, 4.69) is 42.2 Å². The van der Waals surface area contributed by atoms with E-state index in [-0.39, 0.29) is 0 Å². The maximum atomic E-state index is 5.90. The first kappa shape index (κ1) is 25.3. The van der Waals surface area contributed by atoms with Crippen LogP contribution in [0.2, 0.25) is 0 Å². The maximum absolute atomic E-state index is 5.90. The molecule has 1 aromatic carbocycles. The van der Waals surface area contributed by atoms with Crippen molar-refractivity contribution < 1.29 is 13.4 Å². The molecule has 0 radical (unpaired) electrons. The third-order valence-corrected chi connectivity index (χ3v) is 8.65. The topological polar surface area (TPSA) is 135 Å². The summed E-state index contributed by atoms with van der Waals surface area (Å²) in [5.41, 5.74) is 6.94. The summed E-state index contributed by atoms with van der Waals surface area (Å²) in [6.07, 6.45) is 13.8. The summed E-state index contributed by atoms with van der Waals surface area (Å²) in [7, 11) is 0. The molecule has 8 rings (SSSR count). The van der Waals surface area contributed by atoms with E-state index in [1.807, 2.05) is 48.0 Å². The van der Waals surface area contributed by atoms with Crippen molar-refractivity contribution in [2.45, 2.75) is 9.99 Å². The van der Waals surface area contributed by atoms with Gasteiger partial charge in [-0.05, 0) is 41.5 Å². The molecule has 0 aliphatic rings. The molecular weight excluding hydrogens is 583 g/mol. The molecule has 0 fully saturated rings. The van der Waals surface area contributed by atoms with Gasteiger partial charge < -0.3 is 23.3 Å². The number of H-pyrrole nitrogens is 2. The molecule has 12 heteroatoms. The van der Waals surface area contributed by atoms with Crippen LogP contribution in [-0.4, -0.2) is 35.1 Å². The van der Waals surface area contributed by atoms with E-state index in [0.717, 1.165) is 48.5 Å². The molecule has 7 heterocycles. The van der Waals surface area contributed by atoms with Crippen LogP contribution in [0.3, 0.4) is 0 Å². The Hall–Kier alpha value is -5.46. The summed E-state index contributed by atoms with van der Waals surface area (Å²) in [6.45, 7) is 0. The molecule has 2 N–H and O–H groups in total. The van der Waals surface area contributed by atoms with Crippen LogP contribution in [0, 0.1) is 0 Å².